The van der Waals surface area contributed by atoms with Crippen molar-refractivity contribution >= 4 is 11.0 Å². The molecular weight excluding hydrogens is 443 g/mol. The number of nitrogens with zero attached hydrogens (tertiary/aromatic N) is 3. The highest BCUT2D eigenvalue weighted by Crippen LogP contribution is 2.33. The minimum absolute atomic E-state index is 0.0606. The first-order valence-corrected chi connectivity index (χ1v) is 9.18. The SMILES string of the molecule is O=c1ccn([C@@H]2O[C@H](CO)C(O)C2O)c(=O)n1Cc1noc2cccc(OC(F)(F)F)c12. The van der Waals surface area contributed by atoms with Crippen LogP contribution in [0.2, 0.25) is 0 Å². The van der Waals surface area contributed by atoms with E-state index >= 15 is 0 Å². The van der Waals surface area contributed by atoms with E-state index in [1.807, 2.05) is 0 Å². The minimum Gasteiger partial charge on any atom is -0.405 e. The Morgan fingerprint density at radius 3 is 2.56 bits per heavy atom. The van der Waals surface area contributed by atoms with Crippen molar-refractivity contribution in [2.45, 2.75) is 37.4 Å². The van der Waals surface area contributed by atoms with E-state index < -0.39 is 61.1 Å². The van der Waals surface area contributed by atoms with Crippen LogP contribution in [0.1, 0.15) is 11.9 Å². The predicted octanol–water partition coefficient (Wildman–Crippen LogP) is -0.290. The van der Waals surface area contributed by atoms with Gasteiger partial charge < -0.3 is 29.3 Å². The maximum Gasteiger partial charge on any atom is 0.573 e. The molecule has 172 valence electrons. The van der Waals surface area contributed by atoms with Gasteiger partial charge in [-0.3, -0.25) is 13.9 Å². The highest BCUT2D eigenvalue weighted by atomic mass is 19.4. The van der Waals surface area contributed by atoms with Gasteiger partial charge in [0.05, 0.1) is 18.5 Å². The zero-order chi connectivity index (χ0) is 23.2. The third-order valence-electron chi connectivity index (χ3n) is 4.95. The first kappa shape index (κ1) is 22.0. The van der Waals surface area contributed by atoms with Gasteiger partial charge in [-0.05, 0) is 12.1 Å². The summed E-state index contributed by atoms with van der Waals surface area (Å²) in [6, 6.07) is 4.58. The third kappa shape index (κ3) is 3.88. The average molecular weight is 459 g/mol. The molecule has 0 aliphatic carbocycles. The number of hydrogen-bond acceptors (Lipinski definition) is 9. The third-order valence-corrected chi connectivity index (χ3v) is 4.95. The Morgan fingerprint density at radius 1 is 1.16 bits per heavy atom. The Labute approximate surface area is 175 Å². The van der Waals surface area contributed by atoms with Gasteiger partial charge in [0.15, 0.2) is 11.8 Å². The number of halogens is 3. The number of hydrogen-bond donors (Lipinski definition) is 3. The molecule has 2 unspecified atom stereocenters. The lowest BCUT2D eigenvalue weighted by molar-refractivity contribution is -0.274. The van der Waals surface area contributed by atoms with Gasteiger partial charge in [-0.1, -0.05) is 11.2 Å². The van der Waals surface area contributed by atoms with Gasteiger partial charge in [0.1, 0.15) is 29.8 Å². The molecular formula is C18H16F3N3O8. The van der Waals surface area contributed by atoms with Crippen LogP contribution in [0, 0.1) is 0 Å². The van der Waals surface area contributed by atoms with Gasteiger partial charge >= 0.3 is 12.1 Å². The van der Waals surface area contributed by atoms with Gasteiger partial charge in [0, 0.05) is 12.3 Å². The number of fused-ring (bicyclic) bond motifs is 1. The number of alkyl halides is 3. The summed E-state index contributed by atoms with van der Waals surface area (Å²) < 4.78 is 54.0. The van der Waals surface area contributed by atoms with E-state index in [9.17, 15) is 38.1 Å². The molecule has 3 heterocycles. The Kier molecular flexibility index (Phi) is 5.54. The second-order valence-corrected chi connectivity index (χ2v) is 6.97. The van der Waals surface area contributed by atoms with Crippen LogP contribution in [0.15, 0.2) is 44.6 Å². The molecule has 2 aromatic heterocycles. The van der Waals surface area contributed by atoms with Crippen LogP contribution in [0.4, 0.5) is 13.2 Å². The highest BCUT2D eigenvalue weighted by molar-refractivity contribution is 5.86. The number of rotatable bonds is 5. The summed E-state index contributed by atoms with van der Waals surface area (Å²) in [6.45, 7) is -1.21. The van der Waals surface area contributed by atoms with Gasteiger partial charge in [0.2, 0.25) is 0 Å². The van der Waals surface area contributed by atoms with E-state index in [0.29, 0.717) is 4.57 Å². The van der Waals surface area contributed by atoms with E-state index in [1.165, 1.54) is 12.1 Å². The minimum atomic E-state index is -5.00. The normalized spacial score (nSPS) is 23.7. The molecule has 0 saturated carbocycles. The highest BCUT2D eigenvalue weighted by Gasteiger charge is 2.44. The first-order chi connectivity index (χ1) is 15.1. The molecule has 11 nitrogen and oxygen atoms in total. The van der Waals surface area contributed by atoms with Crippen LogP contribution < -0.4 is 16.0 Å². The van der Waals surface area contributed by atoms with Gasteiger partial charge in [-0.15, -0.1) is 13.2 Å². The summed E-state index contributed by atoms with van der Waals surface area (Å²) in [5.41, 5.74) is -2.06. The Balaban J connectivity index is 1.75. The number of benzene rings is 1. The van der Waals surface area contributed by atoms with Crippen LogP contribution in [0.25, 0.3) is 11.0 Å². The van der Waals surface area contributed by atoms with Crippen molar-refractivity contribution in [1.82, 2.24) is 14.3 Å². The fraction of sp³-hybridized carbons (Fsp3) is 0.389. The van der Waals surface area contributed by atoms with E-state index in [1.54, 1.807) is 0 Å². The summed E-state index contributed by atoms with van der Waals surface area (Å²) in [5.74, 6) is -0.626. The van der Waals surface area contributed by atoms with Crippen LogP contribution >= 0.6 is 0 Å². The van der Waals surface area contributed by atoms with Crippen LogP contribution in [-0.4, -0.2) is 60.9 Å². The molecule has 1 aromatic carbocycles. The molecule has 3 aromatic rings. The molecule has 14 heteroatoms. The van der Waals surface area contributed by atoms with Crippen LogP contribution in [-0.2, 0) is 11.3 Å². The summed E-state index contributed by atoms with van der Waals surface area (Å²) >= 11 is 0. The summed E-state index contributed by atoms with van der Waals surface area (Å²) in [6.07, 6.45) is -9.63. The molecule has 3 N–H and O–H groups in total. The standard InChI is InChI=1S/C18H16F3N3O8/c19-18(20,21)31-9-2-1-3-10-13(9)8(22-32-10)6-24-12(26)4-5-23(17(24)29)16-15(28)14(27)11(7-25)30-16/h1-5,11,14-16,25,27-28H,6-7H2/t11-,14?,15?,16-/m1/s1. The smallest absolute Gasteiger partial charge is 0.405 e. The fourth-order valence-corrected chi connectivity index (χ4v) is 3.47. The van der Waals surface area contributed by atoms with E-state index in [2.05, 4.69) is 9.89 Å². The lowest BCUT2D eigenvalue weighted by Crippen LogP contribution is -2.43. The predicted molar refractivity (Wildman–Crippen MR) is 97.8 cm³/mol. The number of aliphatic hydroxyl groups is 3. The quantitative estimate of drug-likeness (QED) is 0.468. The van der Waals surface area contributed by atoms with E-state index in [-0.39, 0.29) is 16.7 Å². The molecule has 1 aliphatic heterocycles. The molecule has 1 aliphatic rings. The van der Waals surface area contributed by atoms with Crippen molar-refractivity contribution in [1.29, 1.82) is 0 Å². The molecule has 4 atom stereocenters. The Hall–Kier alpha value is -3.20. The van der Waals surface area contributed by atoms with Crippen molar-refractivity contribution in [3.8, 4) is 5.75 Å². The number of ether oxygens (including phenoxy) is 2. The molecule has 32 heavy (non-hydrogen) atoms. The zero-order valence-corrected chi connectivity index (χ0v) is 16.0. The summed E-state index contributed by atoms with van der Waals surface area (Å²) in [5, 5.41) is 32.8. The van der Waals surface area contributed by atoms with Gasteiger partial charge in [-0.25, -0.2) is 4.79 Å². The lowest BCUT2D eigenvalue weighted by atomic mass is 10.1. The average Bonchev–Trinajstić information content (AvgIpc) is 3.26. The monoisotopic (exact) mass is 459 g/mol. The maximum atomic E-state index is 12.9. The van der Waals surface area contributed by atoms with Crippen LogP contribution in [0.3, 0.4) is 0 Å². The van der Waals surface area contributed by atoms with Crippen molar-refractivity contribution in [2.24, 2.45) is 0 Å². The summed E-state index contributed by atoms with van der Waals surface area (Å²) in [4.78, 5) is 25.3. The van der Waals surface area contributed by atoms with Crippen molar-refractivity contribution in [2.75, 3.05) is 6.61 Å². The molecule has 4 rings (SSSR count). The Bertz CT molecular complexity index is 1250. The molecule has 0 spiro atoms. The molecule has 0 bridgehead atoms. The van der Waals surface area contributed by atoms with Gasteiger partial charge in [-0.2, -0.15) is 0 Å². The summed E-state index contributed by atoms with van der Waals surface area (Å²) in [7, 11) is 0. The molecule has 1 saturated heterocycles. The molecule has 0 radical (unpaired) electrons. The zero-order valence-electron chi connectivity index (χ0n) is 16.0. The van der Waals surface area contributed by atoms with Gasteiger partial charge in [0.25, 0.3) is 5.56 Å². The largest absolute Gasteiger partial charge is 0.573 e. The second-order valence-electron chi connectivity index (χ2n) is 6.97. The van der Waals surface area contributed by atoms with Crippen molar-refractivity contribution in [3.05, 3.63) is 57.0 Å². The Morgan fingerprint density at radius 2 is 1.91 bits per heavy atom. The first-order valence-electron chi connectivity index (χ1n) is 9.18. The van der Waals surface area contributed by atoms with E-state index in [4.69, 9.17) is 9.26 Å². The van der Waals surface area contributed by atoms with E-state index in [0.717, 1.165) is 22.9 Å². The molecule has 0 amide bonds. The topological polar surface area (TPSA) is 149 Å². The van der Waals surface area contributed by atoms with Crippen molar-refractivity contribution in [3.63, 3.8) is 0 Å². The second kappa shape index (κ2) is 8.05. The number of aromatic nitrogens is 3. The maximum absolute atomic E-state index is 12.9. The lowest BCUT2D eigenvalue weighted by Gasteiger charge is -2.18. The van der Waals surface area contributed by atoms with Crippen LogP contribution in [0.5, 0.6) is 5.75 Å². The molecule has 1 fully saturated rings. The van der Waals surface area contributed by atoms with Crippen molar-refractivity contribution < 1.29 is 42.5 Å². The fourth-order valence-electron chi connectivity index (χ4n) is 3.47. The number of aliphatic hydroxyl groups excluding tert-OH is 3.